The van der Waals surface area contributed by atoms with Gasteiger partial charge in [-0.1, -0.05) is 30.7 Å². The Hall–Kier alpha value is -0.900. The molecule has 1 saturated heterocycles. The Morgan fingerprint density at radius 1 is 1.26 bits per heavy atom. The molecule has 1 aliphatic carbocycles. The third-order valence-electron chi connectivity index (χ3n) is 4.60. The molecular formula is C16H24N2O. The molecule has 2 aliphatic rings. The van der Waals surface area contributed by atoms with Crippen LogP contribution < -0.4 is 5.73 Å². The van der Waals surface area contributed by atoms with Crippen LogP contribution in [0, 0.1) is 0 Å². The second kappa shape index (κ2) is 5.61. The van der Waals surface area contributed by atoms with Gasteiger partial charge in [-0.25, -0.2) is 0 Å². The molecule has 0 amide bonds. The number of ether oxygens (including phenoxy) is 1. The van der Waals surface area contributed by atoms with Crippen molar-refractivity contribution in [2.75, 3.05) is 26.7 Å². The first kappa shape index (κ1) is 13.1. The van der Waals surface area contributed by atoms with Gasteiger partial charge < -0.3 is 15.4 Å². The van der Waals surface area contributed by atoms with Crippen LogP contribution in [0.4, 0.5) is 0 Å². The van der Waals surface area contributed by atoms with Crippen LogP contribution in [0.5, 0.6) is 0 Å². The summed E-state index contributed by atoms with van der Waals surface area (Å²) in [5.74, 6) is 0.794. The SMILES string of the molecule is CN1CCOC(C(N)c2ccc(C3CCC3)cc2)C1. The first-order valence-corrected chi connectivity index (χ1v) is 7.39. The summed E-state index contributed by atoms with van der Waals surface area (Å²) in [5, 5.41) is 0. The molecule has 3 nitrogen and oxygen atoms in total. The molecule has 19 heavy (non-hydrogen) atoms. The number of benzene rings is 1. The van der Waals surface area contributed by atoms with Gasteiger partial charge in [0.15, 0.2) is 0 Å². The van der Waals surface area contributed by atoms with Crippen LogP contribution in [0.15, 0.2) is 24.3 Å². The highest BCUT2D eigenvalue weighted by Crippen LogP contribution is 2.36. The van der Waals surface area contributed by atoms with E-state index >= 15 is 0 Å². The van der Waals surface area contributed by atoms with Gasteiger partial charge in [-0.15, -0.1) is 0 Å². The summed E-state index contributed by atoms with van der Waals surface area (Å²) in [5.41, 5.74) is 9.03. The van der Waals surface area contributed by atoms with E-state index in [4.69, 9.17) is 10.5 Å². The van der Waals surface area contributed by atoms with Gasteiger partial charge in [0.1, 0.15) is 0 Å². The fraction of sp³-hybridized carbons (Fsp3) is 0.625. The maximum Gasteiger partial charge on any atom is 0.0894 e. The molecule has 0 spiro atoms. The molecule has 2 fully saturated rings. The Morgan fingerprint density at radius 2 is 2.00 bits per heavy atom. The molecule has 3 rings (SSSR count). The van der Waals surface area contributed by atoms with Crippen LogP contribution in [-0.4, -0.2) is 37.7 Å². The monoisotopic (exact) mass is 260 g/mol. The number of rotatable bonds is 3. The zero-order valence-corrected chi connectivity index (χ0v) is 11.7. The minimum absolute atomic E-state index is 0.0156. The largest absolute Gasteiger partial charge is 0.374 e. The minimum atomic E-state index is -0.0156. The Bertz CT molecular complexity index is 413. The molecule has 104 valence electrons. The third-order valence-corrected chi connectivity index (χ3v) is 4.60. The zero-order chi connectivity index (χ0) is 13.2. The molecule has 2 N–H and O–H groups in total. The van der Waals surface area contributed by atoms with Gasteiger partial charge in [-0.05, 0) is 36.9 Å². The highest BCUT2D eigenvalue weighted by Gasteiger charge is 2.25. The van der Waals surface area contributed by atoms with E-state index in [0.29, 0.717) is 0 Å². The van der Waals surface area contributed by atoms with Crippen LogP contribution >= 0.6 is 0 Å². The third kappa shape index (κ3) is 2.83. The van der Waals surface area contributed by atoms with E-state index in [2.05, 4.69) is 36.2 Å². The number of hydrogen-bond donors (Lipinski definition) is 1. The van der Waals surface area contributed by atoms with Crippen LogP contribution in [0.3, 0.4) is 0 Å². The van der Waals surface area contributed by atoms with E-state index < -0.39 is 0 Å². The van der Waals surface area contributed by atoms with Crippen molar-refractivity contribution in [1.29, 1.82) is 0 Å². The van der Waals surface area contributed by atoms with Crippen molar-refractivity contribution >= 4 is 0 Å². The molecule has 0 radical (unpaired) electrons. The van der Waals surface area contributed by atoms with Crippen LogP contribution in [0.1, 0.15) is 42.3 Å². The predicted octanol–water partition coefficient (Wildman–Crippen LogP) is 2.28. The molecule has 0 aromatic heterocycles. The topological polar surface area (TPSA) is 38.5 Å². The second-order valence-electron chi connectivity index (χ2n) is 5.99. The van der Waals surface area contributed by atoms with Gasteiger partial charge in [0.05, 0.1) is 18.8 Å². The normalized spacial score (nSPS) is 26.9. The first-order chi connectivity index (χ1) is 9.24. The summed E-state index contributed by atoms with van der Waals surface area (Å²) in [6, 6.07) is 8.88. The van der Waals surface area contributed by atoms with Gasteiger partial charge in [0.2, 0.25) is 0 Å². The van der Waals surface area contributed by atoms with Gasteiger partial charge >= 0.3 is 0 Å². The van der Waals surface area contributed by atoms with Crippen molar-refractivity contribution in [2.24, 2.45) is 5.73 Å². The van der Waals surface area contributed by atoms with Gasteiger partial charge in [0, 0.05) is 13.1 Å². The summed E-state index contributed by atoms with van der Waals surface area (Å²) in [7, 11) is 2.13. The number of likely N-dealkylation sites (N-methyl/N-ethyl adjacent to an activating group) is 1. The lowest BCUT2D eigenvalue weighted by Gasteiger charge is -2.34. The van der Waals surface area contributed by atoms with Gasteiger partial charge in [-0.2, -0.15) is 0 Å². The minimum Gasteiger partial charge on any atom is -0.374 e. The van der Waals surface area contributed by atoms with Crippen molar-refractivity contribution < 1.29 is 4.74 Å². The average Bonchev–Trinajstić information content (AvgIpc) is 2.37. The van der Waals surface area contributed by atoms with Crippen molar-refractivity contribution in [3.8, 4) is 0 Å². The number of nitrogens with two attached hydrogens (primary N) is 1. The van der Waals surface area contributed by atoms with Gasteiger partial charge in [0.25, 0.3) is 0 Å². The summed E-state index contributed by atoms with van der Waals surface area (Å²) in [6.45, 7) is 2.71. The average molecular weight is 260 g/mol. The maximum absolute atomic E-state index is 6.35. The molecule has 1 saturated carbocycles. The molecule has 0 bridgehead atoms. The Kier molecular flexibility index (Phi) is 3.87. The maximum atomic E-state index is 6.35. The van der Waals surface area contributed by atoms with E-state index in [1.807, 2.05) is 0 Å². The second-order valence-corrected chi connectivity index (χ2v) is 5.99. The molecular weight excluding hydrogens is 236 g/mol. The molecule has 1 aliphatic heterocycles. The van der Waals surface area contributed by atoms with Crippen molar-refractivity contribution in [2.45, 2.75) is 37.3 Å². The van der Waals surface area contributed by atoms with Crippen molar-refractivity contribution in [3.63, 3.8) is 0 Å². The molecule has 2 unspecified atom stereocenters. The molecule has 1 heterocycles. The number of morpholine rings is 1. The molecule has 1 aromatic carbocycles. The molecule has 3 heteroatoms. The quantitative estimate of drug-likeness (QED) is 0.906. The summed E-state index contributed by atoms with van der Waals surface area (Å²) < 4.78 is 5.81. The lowest BCUT2D eigenvalue weighted by atomic mass is 9.79. The van der Waals surface area contributed by atoms with E-state index in [-0.39, 0.29) is 12.1 Å². The van der Waals surface area contributed by atoms with E-state index in [1.54, 1.807) is 0 Å². The summed E-state index contributed by atoms with van der Waals surface area (Å²) >= 11 is 0. The Balaban J connectivity index is 1.66. The van der Waals surface area contributed by atoms with Crippen molar-refractivity contribution in [3.05, 3.63) is 35.4 Å². The number of hydrogen-bond acceptors (Lipinski definition) is 3. The molecule has 2 atom stereocenters. The summed E-state index contributed by atoms with van der Waals surface area (Å²) in [4.78, 5) is 2.29. The molecule has 1 aromatic rings. The summed E-state index contributed by atoms with van der Waals surface area (Å²) in [6.07, 6.45) is 4.20. The smallest absolute Gasteiger partial charge is 0.0894 e. The fourth-order valence-corrected chi connectivity index (χ4v) is 2.97. The van der Waals surface area contributed by atoms with Crippen LogP contribution in [0.2, 0.25) is 0 Å². The standard InChI is InChI=1S/C16H24N2O/c1-18-9-10-19-15(11-18)16(17)14-7-5-13(6-8-14)12-3-2-4-12/h5-8,12,15-16H,2-4,9-11,17H2,1H3. The van der Waals surface area contributed by atoms with Crippen molar-refractivity contribution in [1.82, 2.24) is 4.90 Å². The van der Waals surface area contributed by atoms with Gasteiger partial charge in [-0.3, -0.25) is 0 Å². The highest BCUT2D eigenvalue weighted by atomic mass is 16.5. The highest BCUT2D eigenvalue weighted by molar-refractivity contribution is 5.29. The zero-order valence-electron chi connectivity index (χ0n) is 11.7. The van der Waals surface area contributed by atoms with Crippen LogP contribution in [0.25, 0.3) is 0 Å². The van der Waals surface area contributed by atoms with Crippen LogP contribution in [-0.2, 0) is 4.74 Å². The predicted molar refractivity (Wildman–Crippen MR) is 77.2 cm³/mol. The fourth-order valence-electron chi connectivity index (χ4n) is 2.97. The Morgan fingerprint density at radius 3 is 2.58 bits per heavy atom. The lowest BCUT2D eigenvalue weighted by Crippen LogP contribution is -2.45. The van der Waals surface area contributed by atoms with E-state index in [9.17, 15) is 0 Å². The Labute approximate surface area is 115 Å². The number of nitrogens with zero attached hydrogens (tertiary/aromatic N) is 1. The first-order valence-electron chi connectivity index (χ1n) is 7.39. The van der Waals surface area contributed by atoms with E-state index in [0.717, 1.165) is 25.6 Å². The lowest BCUT2D eigenvalue weighted by molar-refractivity contribution is -0.0326. The van der Waals surface area contributed by atoms with E-state index in [1.165, 1.54) is 30.4 Å².